The molecule has 0 saturated carbocycles. The van der Waals surface area contributed by atoms with E-state index < -0.39 is 0 Å². The number of likely N-dealkylation sites (N-methyl/N-ethyl adjacent to an activating group) is 1. The Hall–Kier alpha value is -1.06. The molecule has 8 heteroatoms. The first-order valence-electron chi connectivity index (χ1n) is 5.98. The fourth-order valence-electron chi connectivity index (χ4n) is 0.907. The highest BCUT2D eigenvalue weighted by Gasteiger charge is 2.15. The van der Waals surface area contributed by atoms with Gasteiger partial charge in [0, 0.05) is 0 Å². The van der Waals surface area contributed by atoms with E-state index in [-0.39, 0.29) is 34.1 Å². The van der Waals surface area contributed by atoms with Crippen molar-refractivity contribution in [2.45, 2.75) is 0 Å². The van der Waals surface area contributed by atoms with Gasteiger partial charge in [0.2, 0.25) is 5.91 Å². The Morgan fingerprint density at radius 2 is 1.55 bits per heavy atom. The molecular formula is C14H26Br2N4O2. The van der Waals surface area contributed by atoms with Crippen LogP contribution in [-0.2, 0) is 9.59 Å². The Morgan fingerprint density at radius 3 is 1.68 bits per heavy atom. The minimum absolute atomic E-state index is 0. The second-order valence-corrected chi connectivity index (χ2v) is 5.52. The quantitative estimate of drug-likeness (QED) is 0.261. The SMILES string of the molecule is C#CCN(C)C.C#CC[N+](C)(C)CC(N)=O.NC(=O)CBr.[Br-]. The van der Waals surface area contributed by atoms with Gasteiger partial charge in [0.15, 0.2) is 6.54 Å². The highest BCUT2D eigenvalue weighted by molar-refractivity contribution is 9.09. The van der Waals surface area contributed by atoms with E-state index in [0.717, 1.165) is 6.54 Å². The molecule has 0 saturated heterocycles. The summed E-state index contributed by atoms with van der Waals surface area (Å²) in [5.41, 5.74) is 9.59. The number of nitrogens with zero attached hydrogens (tertiary/aromatic N) is 2. The number of halogens is 2. The Kier molecular flexibility index (Phi) is 23.7. The number of hydrogen-bond donors (Lipinski definition) is 2. The van der Waals surface area contributed by atoms with E-state index in [1.807, 2.05) is 33.1 Å². The summed E-state index contributed by atoms with van der Waals surface area (Å²) in [6, 6.07) is 0. The molecule has 0 radical (unpaired) electrons. The molecule has 0 aromatic rings. The minimum Gasteiger partial charge on any atom is -1.00 e. The van der Waals surface area contributed by atoms with Gasteiger partial charge in [-0.25, -0.2) is 0 Å². The van der Waals surface area contributed by atoms with Crippen LogP contribution in [0.15, 0.2) is 0 Å². The van der Waals surface area contributed by atoms with Crippen LogP contribution in [0.3, 0.4) is 0 Å². The van der Waals surface area contributed by atoms with Crippen molar-refractivity contribution in [2.75, 3.05) is 53.2 Å². The van der Waals surface area contributed by atoms with Gasteiger partial charge in [0.25, 0.3) is 5.91 Å². The van der Waals surface area contributed by atoms with Gasteiger partial charge in [-0.1, -0.05) is 21.9 Å². The average molecular weight is 442 g/mol. The summed E-state index contributed by atoms with van der Waals surface area (Å²) in [6.45, 7) is 1.56. The first-order valence-corrected chi connectivity index (χ1v) is 7.10. The van der Waals surface area contributed by atoms with Crippen LogP contribution in [0.2, 0.25) is 0 Å². The maximum absolute atomic E-state index is 10.4. The number of hydrogen-bond acceptors (Lipinski definition) is 3. The lowest BCUT2D eigenvalue weighted by Gasteiger charge is -2.25. The molecule has 0 heterocycles. The van der Waals surface area contributed by atoms with E-state index in [0.29, 0.717) is 17.6 Å². The molecule has 0 rings (SSSR count). The highest BCUT2D eigenvalue weighted by Crippen LogP contribution is 1.92. The van der Waals surface area contributed by atoms with Gasteiger partial charge < -0.3 is 32.9 Å². The van der Waals surface area contributed by atoms with E-state index in [2.05, 4.69) is 33.5 Å². The lowest BCUT2D eigenvalue weighted by Crippen LogP contribution is -3.00. The topological polar surface area (TPSA) is 89.4 Å². The third-order valence-corrected chi connectivity index (χ3v) is 2.20. The van der Waals surface area contributed by atoms with Crippen LogP contribution in [-0.4, -0.2) is 74.4 Å². The monoisotopic (exact) mass is 440 g/mol. The molecule has 0 aliphatic carbocycles. The van der Waals surface area contributed by atoms with Crippen molar-refractivity contribution in [3.63, 3.8) is 0 Å². The van der Waals surface area contributed by atoms with Crippen LogP contribution in [0.4, 0.5) is 0 Å². The first-order chi connectivity index (χ1) is 9.52. The van der Waals surface area contributed by atoms with Gasteiger partial charge >= 0.3 is 0 Å². The molecule has 0 aliphatic heterocycles. The fourth-order valence-corrected chi connectivity index (χ4v) is 0.907. The summed E-state index contributed by atoms with van der Waals surface area (Å²) < 4.78 is 0.464. The summed E-state index contributed by atoms with van der Waals surface area (Å²) in [7, 11) is 7.62. The van der Waals surface area contributed by atoms with Gasteiger partial charge in [-0.15, -0.1) is 12.8 Å². The molecule has 128 valence electrons. The molecule has 6 nitrogen and oxygen atoms in total. The molecule has 0 aromatic heterocycles. The number of rotatable bonds is 5. The molecule has 4 N–H and O–H groups in total. The predicted octanol–water partition coefficient (Wildman–Crippen LogP) is -3.77. The van der Waals surface area contributed by atoms with Crippen molar-refractivity contribution in [3.05, 3.63) is 0 Å². The maximum atomic E-state index is 10.4. The molecule has 0 unspecified atom stereocenters. The minimum atomic E-state index is -0.329. The van der Waals surface area contributed by atoms with Gasteiger partial charge in [-0.3, -0.25) is 14.5 Å². The fraction of sp³-hybridized carbons (Fsp3) is 0.571. The molecule has 0 aromatic carbocycles. The average Bonchev–Trinajstić information content (AvgIpc) is 2.28. The molecule has 22 heavy (non-hydrogen) atoms. The van der Waals surface area contributed by atoms with Crippen molar-refractivity contribution < 1.29 is 31.1 Å². The Bertz CT molecular complexity index is 385. The van der Waals surface area contributed by atoms with Gasteiger partial charge in [0.1, 0.15) is 6.54 Å². The zero-order valence-corrected chi connectivity index (χ0v) is 16.8. The van der Waals surface area contributed by atoms with E-state index >= 15 is 0 Å². The van der Waals surface area contributed by atoms with Crippen molar-refractivity contribution >= 4 is 27.7 Å². The number of nitrogens with two attached hydrogens (primary N) is 2. The molecule has 0 spiro atoms. The summed E-state index contributed by atoms with van der Waals surface area (Å²) >= 11 is 2.84. The molecular weight excluding hydrogens is 416 g/mol. The first kappa shape index (κ1) is 29.0. The Balaban J connectivity index is -0.000000117. The summed E-state index contributed by atoms with van der Waals surface area (Å²) in [4.78, 5) is 21.9. The molecule has 0 atom stereocenters. The van der Waals surface area contributed by atoms with Crippen LogP contribution in [0.1, 0.15) is 0 Å². The molecule has 2 amide bonds. The molecule has 0 fully saturated rings. The predicted molar refractivity (Wildman–Crippen MR) is 90.2 cm³/mol. The number of amides is 2. The number of carbonyl (C=O) groups is 2. The maximum Gasteiger partial charge on any atom is 0.272 e. The third-order valence-electron chi connectivity index (χ3n) is 1.64. The van der Waals surface area contributed by atoms with Crippen LogP contribution >= 0.6 is 15.9 Å². The zero-order chi connectivity index (χ0) is 17.5. The second kappa shape index (κ2) is 18.0. The van der Waals surface area contributed by atoms with E-state index in [1.54, 1.807) is 0 Å². The lowest BCUT2D eigenvalue weighted by atomic mass is 10.4. The van der Waals surface area contributed by atoms with E-state index in [4.69, 9.17) is 18.6 Å². The highest BCUT2D eigenvalue weighted by atomic mass is 79.9. The van der Waals surface area contributed by atoms with Crippen LogP contribution < -0.4 is 28.4 Å². The van der Waals surface area contributed by atoms with Crippen molar-refractivity contribution in [2.24, 2.45) is 11.5 Å². The van der Waals surface area contributed by atoms with E-state index in [9.17, 15) is 9.59 Å². The van der Waals surface area contributed by atoms with Crippen molar-refractivity contribution in [1.82, 2.24) is 4.90 Å². The number of terminal acetylenes is 2. The smallest absolute Gasteiger partial charge is 0.272 e. The summed E-state index contributed by atoms with van der Waals surface area (Å²) in [5, 5.41) is 0.257. The zero-order valence-electron chi connectivity index (χ0n) is 13.6. The number of quaternary nitrogens is 1. The van der Waals surface area contributed by atoms with Crippen molar-refractivity contribution in [1.29, 1.82) is 0 Å². The van der Waals surface area contributed by atoms with Crippen LogP contribution in [0.5, 0.6) is 0 Å². The Morgan fingerprint density at radius 1 is 1.14 bits per heavy atom. The van der Waals surface area contributed by atoms with Crippen LogP contribution in [0.25, 0.3) is 0 Å². The summed E-state index contributed by atoms with van der Waals surface area (Å²) in [6.07, 6.45) is 10.0. The van der Waals surface area contributed by atoms with E-state index in [1.165, 1.54) is 0 Å². The number of carbonyl (C=O) groups excluding carboxylic acids is 2. The normalized spacial score (nSPS) is 8.73. The summed E-state index contributed by atoms with van der Waals surface area (Å²) in [5.74, 6) is 4.32. The van der Waals surface area contributed by atoms with Crippen molar-refractivity contribution in [3.8, 4) is 24.7 Å². The second-order valence-electron chi connectivity index (χ2n) is 4.96. The molecule has 0 bridgehead atoms. The number of primary amides is 2. The van der Waals surface area contributed by atoms with Crippen LogP contribution in [0, 0.1) is 24.7 Å². The van der Waals surface area contributed by atoms with Gasteiger partial charge in [-0.05, 0) is 20.0 Å². The van der Waals surface area contributed by atoms with Gasteiger partial charge in [0.05, 0.1) is 26.0 Å². The largest absolute Gasteiger partial charge is 1.00 e. The van der Waals surface area contributed by atoms with Gasteiger partial charge in [-0.2, -0.15) is 0 Å². The Labute approximate surface area is 153 Å². The third kappa shape index (κ3) is 36.4. The standard InChI is InChI=1S/C7H12N2O.C5H9N.C2H4BrNO.BrH/c1-4-5-9(2,3)6-7(8)10;1-4-5-6(2)3;3-1-2(4)5;/h1H,5-6H2,2-3H3,(H-,8,10);1H,5H2,2-3H3;1H2,(H2,4,5);1H. The lowest BCUT2D eigenvalue weighted by molar-refractivity contribution is -0.875. The molecule has 0 aliphatic rings. The number of alkyl halides is 1.